The summed E-state index contributed by atoms with van der Waals surface area (Å²) in [6.45, 7) is 0. The quantitative estimate of drug-likeness (QED) is 0.355. The van der Waals surface area contributed by atoms with Crippen LogP contribution >= 0.6 is 0 Å². The Kier molecular flexibility index (Phi) is 8.85. The minimum Gasteiger partial charge on any atom is -0.264 e. The lowest BCUT2D eigenvalue weighted by Crippen LogP contribution is -2.76. The molecule has 0 heterocycles. The highest BCUT2D eigenvalue weighted by atomic mass is 13.2. The van der Waals surface area contributed by atoms with Crippen molar-refractivity contribution in [3.63, 3.8) is 0 Å². The highest BCUT2D eigenvalue weighted by Gasteiger charge is 2.34. The Balaban J connectivity index is 5.16. The van der Waals surface area contributed by atoms with Crippen LogP contribution in [-0.2, 0) is 0 Å². The van der Waals surface area contributed by atoms with Crippen molar-refractivity contribution in [2.75, 3.05) is 0 Å². The molecule has 0 nitrogen and oxygen atoms in total. The first-order valence-corrected chi connectivity index (χ1v) is 4.00. The predicted molar refractivity (Wildman–Crippen MR) is 115 cm³/mol. The Morgan fingerprint density at radius 2 is 1.18 bits per heavy atom. The average molecular weight is 196 g/mol. The largest absolute Gasteiger partial charge is 0.264 e. The highest BCUT2D eigenvalue weighted by Crippen LogP contribution is 2.01. The van der Waals surface area contributed by atoms with Crippen LogP contribution in [0.15, 0.2) is 0 Å². The molecule has 0 aromatic carbocycles. The molecule has 67 valence electrons. The second-order valence-corrected chi connectivity index (χ2v) is 3.08. The molecule has 0 unspecified atom stereocenters. The fourth-order valence-electron chi connectivity index (χ4n) is 1.28. The normalized spacial score (nSPS) is 9.18. The number of hydrogen-bond acceptors (Lipinski definition) is 0. The molecule has 0 fully saturated rings. The Hall–Kier alpha value is 1.10. The van der Waals surface area contributed by atoms with Crippen LogP contribution in [0.5, 0.6) is 0 Å². The van der Waals surface area contributed by atoms with E-state index >= 15 is 0 Å². The molecule has 0 atom stereocenters. The predicted octanol–water partition coefficient (Wildman–Crippen LogP) is -9.69. The molecule has 0 aromatic heterocycles. The van der Waals surface area contributed by atoms with Gasteiger partial charge >= 0.3 is 0 Å². The summed E-state index contributed by atoms with van der Waals surface area (Å²) < 4.78 is 0. The van der Waals surface area contributed by atoms with Crippen molar-refractivity contribution >= 4 is 121 Å². The Morgan fingerprint density at radius 3 is 1.35 bits per heavy atom. The second-order valence-electron chi connectivity index (χ2n) is 3.08. The fraction of sp³-hybridized carbons (Fsp3) is 0. The van der Waals surface area contributed by atoms with Crippen LogP contribution in [0.25, 0.3) is 0 Å². The molecule has 17 heavy (non-hydrogen) atoms. The molecule has 0 amide bonds. The van der Waals surface area contributed by atoms with Crippen LogP contribution < -0.4 is 0 Å². The monoisotopic (exact) mass is 199 g/mol. The summed E-state index contributed by atoms with van der Waals surface area (Å²) in [5, 5.41) is 0. The van der Waals surface area contributed by atoms with Gasteiger partial charge in [0.15, 0.2) is 0 Å². The average Bonchev–Trinajstić information content (AvgIpc) is 2.15. The van der Waals surface area contributed by atoms with E-state index in [2.05, 4.69) is 7.06 Å². The fourth-order valence-corrected chi connectivity index (χ4v) is 1.28. The summed E-state index contributed by atoms with van der Waals surface area (Å²) in [5.41, 5.74) is 0. The van der Waals surface area contributed by atoms with Gasteiger partial charge in [-0.3, -0.25) is 6.39 Å². The highest BCUT2D eigenvalue weighted by molar-refractivity contribution is 8.15. The summed E-state index contributed by atoms with van der Waals surface area (Å²) in [4.78, 5) is 0. The first-order chi connectivity index (χ1) is 7.73. The van der Waals surface area contributed by atoms with Crippen molar-refractivity contribution in [3.05, 3.63) is 0 Å². The minimum atomic E-state index is -0.358. The van der Waals surface area contributed by atoms with Crippen molar-refractivity contribution in [2.45, 2.75) is 0 Å². The van der Waals surface area contributed by atoms with Gasteiger partial charge in [0.2, 0.25) is 0 Å². The third-order valence-electron chi connectivity index (χ3n) is 2.00. The van der Waals surface area contributed by atoms with Gasteiger partial charge in [0, 0.05) is 0 Å². The summed E-state index contributed by atoms with van der Waals surface area (Å²) in [6, 6.07) is 0. The number of hydrogen-bond donors (Lipinski definition) is 0. The Labute approximate surface area is 121 Å². The van der Waals surface area contributed by atoms with Gasteiger partial charge < -0.3 is 0 Å². The van der Waals surface area contributed by atoms with Gasteiger partial charge in [-0.15, -0.1) is 21.9 Å². The summed E-state index contributed by atoms with van der Waals surface area (Å²) in [5.74, 6) is 0. The second kappa shape index (κ2) is 8.31. The van der Waals surface area contributed by atoms with E-state index in [-0.39, 0.29) is 47.4 Å². The van der Waals surface area contributed by atoms with Crippen LogP contribution in [0.3, 0.4) is 0 Å². The van der Waals surface area contributed by atoms with Crippen LogP contribution in [-0.4, -0.2) is 121 Å². The Bertz CT molecular complexity index is 180. The zero-order valence-electron chi connectivity index (χ0n) is 7.51. The SMILES string of the molecule is [B]B([B])B(B([B])[BH3-])B(B([B])[B])B([B][BH3-])B([BH3-])[BH3-]. The summed E-state index contributed by atoms with van der Waals surface area (Å²) in [6.07, 6.45) is 1.59. The smallest absolute Gasteiger partial charge is 0.00000633 e. The van der Waals surface area contributed by atoms with Crippen LogP contribution in [0.2, 0.25) is 0 Å². The van der Waals surface area contributed by atoms with Gasteiger partial charge in [-0.1, -0.05) is 21.9 Å². The van der Waals surface area contributed by atoms with E-state index in [0.29, 0.717) is 21.9 Å². The van der Waals surface area contributed by atoms with E-state index in [1.165, 1.54) is 0 Å². The topological polar surface area (TPSA) is 0 Å². The van der Waals surface area contributed by atoms with Gasteiger partial charge in [0.1, 0.15) is 0 Å². The maximum atomic E-state index is 6.16. The van der Waals surface area contributed by atoms with Gasteiger partial charge in [-0.25, -0.2) is 0 Å². The lowest BCUT2D eigenvalue weighted by molar-refractivity contribution is 3.37. The van der Waals surface area contributed by atoms with Crippen molar-refractivity contribution in [2.24, 2.45) is 0 Å². The molecular weight excluding hydrogens is 184 g/mol. The maximum Gasteiger partial charge on any atom is -0.00000633 e. The van der Waals surface area contributed by atoms with Crippen molar-refractivity contribution in [1.82, 2.24) is 0 Å². The van der Waals surface area contributed by atoms with Crippen LogP contribution in [0.1, 0.15) is 0 Å². The molecule has 11 radical (unpaired) electrons. The lowest BCUT2D eigenvalue weighted by atomic mass is 8.43. The van der Waals surface area contributed by atoms with Gasteiger partial charge in [-0.2, -0.15) is 7.06 Å². The lowest BCUT2D eigenvalue weighted by Gasteiger charge is -2.45. The third kappa shape index (κ3) is 5.31. The van der Waals surface area contributed by atoms with Crippen molar-refractivity contribution in [3.8, 4) is 0 Å². The molecule has 0 aliphatic carbocycles. The molecule has 0 saturated carbocycles. The van der Waals surface area contributed by atoms with E-state index in [4.69, 9.17) is 38.7 Å². The third-order valence-corrected chi connectivity index (χ3v) is 2.00. The van der Waals surface area contributed by atoms with Crippen molar-refractivity contribution < 1.29 is 0 Å². The molecule has 0 bridgehead atoms. The van der Waals surface area contributed by atoms with Gasteiger partial charge in [-0.05, 0) is 64.2 Å². The Morgan fingerprint density at radius 1 is 0.765 bits per heavy atom. The minimum absolute atomic E-state index is 0.0343. The van der Waals surface area contributed by atoms with Gasteiger partial charge in [0.25, 0.3) is 0 Å². The maximum absolute atomic E-state index is 6.16. The molecule has 17 heteroatoms. The summed E-state index contributed by atoms with van der Waals surface area (Å²) >= 11 is 0. The first-order valence-electron chi connectivity index (χ1n) is 4.00. The molecule has 0 rings (SSSR count). The van der Waals surface area contributed by atoms with E-state index in [1.807, 2.05) is 0 Å². The molecule has 0 aliphatic rings. The molecule has 0 saturated heterocycles. The van der Waals surface area contributed by atoms with Crippen LogP contribution in [0.4, 0.5) is 0 Å². The standard InChI is InChI=1S/B17H12/c1-10-15(11(2)3)17(14(8)9)16(12(4)5)13(6)7/h1-4H3/q-4. The van der Waals surface area contributed by atoms with Gasteiger partial charge in [0.05, 0.1) is 0 Å². The summed E-state index contributed by atoms with van der Waals surface area (Å²) in [7, 11) is 33.7. The van der Waals surface area contributed by atoms with E-state index in [1.54, 1.807) is 0 Å². The number of rotatable bonds is 7. The first kappa shape index (κ1) is 18.1. The molecular formula is H12B17-4. The van der Waals surface area contributed by atoms with Crippen LogP contribution in [0, 0.1) is 0 Å². The molecule has 0 aliphatic heterocycles. The van der Waals surface area contributed by atoms with Crippen molar-refractivity contribution in [1.29, 1.82) is 0 Å². The van der Waals surface area contributed by atoms with E-state index < -0.39 is 0 Å². The zero-order chi connectivity index (χ0) is 13.7. The van der Waals surface area contributed by atoms with E-state index in [9.17, 15) is 0 Å². The zero-order valence-corrected chi connectivity index (χ0v) is 7.51. The molecule has 0 spiro atoms. The molecule has 0 aromatic rings. The molecule has 0 N–H and O–H groups in total. The van der Waals surface area contributed by atoms with E-state index in [0.717, 1.165) is 6.39 Å².